The van der Waals surface area contributed by atoms with Crippen LogP contribution >= 0.6 is 0 Å². The third-order valence-corrected chi connectivity index (χ3v) is 1.37. The van der Waals surface area contributed by atoms with Gasteiger partial charge in [0.05, 0.1) is 13.2 Å². The molecule has 0 aromatic rings. The molecule has 0 aliphatic rings. The Bertz CT molecular complexity index is 136. The van der Waals surface area contributed by atoms with Crippen molar-refractivity contribution in [1.82, 2.24) is 4.90 Å². The zero-order valence-electron chi connectivity index (χ0n) is 6.68. The molecule has 0 aliphatic carbocycles. The first-order chi connectivity index (χ1) is 5.63. The second-order valence-corrected chi connectivity index (χ2v) is 2.26. The highest BCUT2D eigenvalue weighted by atomic mass is 16.3. The van der Waals surface area contributed by atoms with E-state index in [0.717, 1.165) is 0 Å². The molecule has 72 valence electrons. The molecule has 0 aliphatic heterocycles. The maximum Gasteiger partial charge on any atom is 0.261 e. The van der Waals surface area contributed by atoms with Crippen molar-refractivity contribution in [2.45, 2.75) is 6.23 Å². The highest BCUT2D eigenvalue weighted by Crippen LogP contribution is 1.93. The van der Waals surface area contributed by atoms with E-state index < -0.39 is 12.1 Å². The highest BCUT2D eigenvalue weighted by molar-refractivity contribution is 5.78. The van der Waals surface area contributed by atoms with Crippen LogP contribution in [-0.4, -0.2) is 58.7 Å². The molecule has 1 atom stereocenters. The van der Waals surface area contributed by atoms with E-state index in [-0.39, 0.29) is 26.3 Å². The van der Waals surface area contributed by atoms with E-state index in [1.807, 2.05) is 0 Å². The second-order valence-electron chi connectivity index (χ2n) is 2.26. The van der Waals surface area contributed by atoms with Crippen LogP contribution in [0.2, 0.25) is 0 Å². The molecule has 5 N–H and O–H groups in total. The van der Waals surface area contributed by atoms with Crippen LogP contribution in [-0.2, 0) is 4.79 Å². The molecule has 0 aromatic heterocycles. The van der Waals surface area contributed by atoms with Crippen LogP contribution in [0.15, 0.2) is 0 Å². The number of carbonyl (C=O) groups excluding carboxylic acids is 1. The number of amides is 1. The summed E-state index contributed by atoms with van der Waals surface area (Å²) in [5, 5.41) is 26.1. The molecule has 6 heteroatoms. The SMILES string of the molecule is NC(=O)C(O)N(CCO)CCO. The molecular formula is C6H14N2O4. The van der Waals surface area contributed by atoms with Crippen LogP contribution in [0.3, 0.4) is 0 Å². The number of carbonyl (C=O) groups is 1. The molecule has 1 amide bonds. The van der Waals surface area contributed by atoms with E-state index in [4.69, 9.17) is 21.1 Å². The molecule has 0 spiro atoms. The molecule has 0 saturated carbocycles. The Hall–Kier alpha value is -0.690. The van der Waals surface area contributed by atoms with Crippen LogP contribution < -0.4 is 5.73 Å². The van der Waals surface area contributed by atoms with Gasteiger partial charge in [-0.25, -0.2) is 0 Å². The van der Waals surface area contributed by atoms with Crippen LogP contribution in [0.1, 0.15) is 0 Å². The van der Waals surface area contributed by atoms with Crippen molar-refractivity contribution in [3.05, 3.63) is 0 Å². The van der Waals surface area contributed by atoms with Crippen molar-refractivity contribution in [2.24, 2.45) is 5.73 Å². The standard InChI is InChI=1S/C6H14N2O4/c7-5(11)6(12)8(1-3-9)2-4-10/h6,9-10,12H,1-4H2,(H2,7,11). The number of hydrogen-bond acceptors (Lipinski definition) is 5. The summed E-state index contributed by atoms with van der Waals surface area (Å²) >= 11 is 0. The smallest absolute Gasteiger partial charge is 0.261 e. The predicted molar refractivity (Wildman–Crippen MR) is 40.9 cm³/mol. The van der Waals surface area contributed by atoms with E-state index >= 15 is 0 Å². The normalized spacial score (nSPS) is 13.3. The topological polar surface area (TPSA) is 107 Å². The summed E-state index contributed by atoms with van der Waals surface area (Å²) in [5.74, 6) is -0.892. The Morgan fingerprint density at radius 3 is 2.00 bits per heavy atom. The van der Waals surface area contributed by atoms with Gasteiger partial charge in [-0.15, -0.1) is 0 Å². The van der Waals surface area contributed by atoms with Gasteiger partial charge in [0.25, 0.3) is 5.91 Å². The van der Waals surface area contributed by atoms with Gasteiger partial charge in [0.2, 0.25) is 0 Å². The number of rotatable bonds is 6. The van der Waals surface area contributed by atoms with Crippen molar-refractivity contribution in [1.29, 1.82) is 0 Å². The maximum atomic E-state index is 10.5. The van der Waals surface area contributed by atoms with E-state index in [9.17, 15) is 4.79 Å². The Morgan fingerprint density at radius 1 is 1.33 bits per heavy atom. The summed E-state index contributed by atoms with van der Waals surface area (Å²) in [6, 6.07) is 0. The quantitative estimate of drug-likeness (QED) is 0.326. The summed E-state index contributed by atoms with van der Waals surface area (Å²) in [7, 11) is 0. The van der Waals surface area contributed by atoms with Gasteiger partial charge in [-0.3, -0.25) is 9.69 Å². The van der Waals surface area contributed by atoms with Crippen molar-refractivity contribution in [3.63, 3.8) is 0 Å². The van der Waals surface area contributed by atoms with Gasteiger partial charge < -0.3 is 21.1 Å². The average molecular weight is 178 g/mol. The van der Waals surface area contributed by atoms with E-state index in [2.05, 4.69) is 0 Å². The fraction of sp³-hybridized carbons (Fsp3) is 0.833. The molecule has 0 aromatic carbocycles. The lowest BCUT2D eigenvalue weighted by molar-refractivity contribution is -0.136. The fourth-order valence-corrected chi connectivity index (χ4v) is 0.793. The third kappa shape index (κ3) is 3.63. The van der Waals surface area contributed by atoms with E-state index in [1.165, 1.54) is 4.90 Å². The van der Waals surface area contributed by atoms with Crippen LogP contribution in [0.4, 0.5) is 0 Å². The van der Waals surface area contributed by atoms with Gasteiger partial charge in [-0.1, -0.05) is 0 Å². The lowest BCUT2D eigenvalue weighted by atomic mass is 10.4. The summed E-state index contributed by atoms with van der Waals surface area (Å²) in [6.07, 6.45) is -1.44. The molecule has 1 unspecified atom stereocenters. The largest absolute Gasteiger partial charge is 0.395 e. The first-order valence-corrected chi connectivity index (χ1v) is 3.56. The molecular weight excluding hydrogens is 164 g/mol. The average Bonchev–Trinajstić information content (AvgIpc) is 2.03. The molecule has 0 heterocycles. The van der Waals surface area contributed by atoms with Crippen molar-refractivity contribution in [2.75, 3.05) is 26.3 Å². The molecule has 0 saturated heterocycles. The summed E-state index contributed by atoms with van der Waals surface area (Å²) < 4.78 is 0. The fourth-order valence-electron chi connectivity index (χ4n) is 0.793. The summed E-state index contributed by atoms with van der Waals surface area (Å²) in [5.41, 5.74) is 4.80. The Morgan fingerprint density at radius 2 is 1.75 bits per heavy atom. The highest BCUT2D eigenvalue weighted by Gasteiger charge is 2.19. The Balaban J connectivity index is 3.98. The molecule has 6 nitrogen and oxygen atoms in total. The van der Waals surface area contributed by atoms with Crippen molar-refractivity contribution >= 4 is 5.91 Å². The summed E-state index contributed by atoms with van der Waals surface area (Å²) in [6.45, 7) is -0.204. The second kappa shape index (κ2) is 5.90. The first-order valence-electron chi connectivity index (χ1n) is 3.56. The minimum atomic E-state index is -1.44. The Kier molecular flexibility index (Phi) is 5.56. The number of primary amides is 1. The van der Waals surface area contributed by atoms with E-state index in [1.54, 1.807) is 0 Å². The minimum Gasteiger partial charge on any atom is -0.395 e. The monoisotopic (exact) mass is 178 g/mol. The molecule has 12 heavy (non-hydrogen) atoms. The number of aliphatic hydroxyl groups excluding tert-OH is 3. The van der Waals surface area contributed by atoms with Gasteiger partial charge in [-0.2, -0.15) is 0 Å². The number of nitrogens with zero attached hydrogens (tertiary/aromatic N) is 1. The van der Waals surface area contributed by atoms with Gasteiger partial charge >= 0.3 is 0 Å². The van der Waals surface area contributed by atoms with Gasteiger partial charge in [0.15, 0.2) is 6.23 Å². The zero-order chi connectivity index (χ0) is 9.56. The summed E-state index contributed by atoms with van der Waals surface area (Å²) in [4.78, 5) is 11.6. The van der Waals surface area contributed by atoms with Crippen LogP contribution in [0, 0.1) is 0 Å². The first kappa shape index (κ1) is 11.3. The Labute approximate surface area is 70.2 Å². The molecule has 0 fully saturated rings. The van der Waals surface area contributed by atoms with Crippen LogP contribution in [0.5, 0.6) is 0 Å². The molecule has 0 bridgehead atoms. The number of hydrogen-bond donors (Lipinski definition) is 4. The van der Waals surface area contributed by atoms with Crippen molar-refractivity contribution < 1.29 is 20.1 Å². The molecule has 0 radical (unpaired) electrons. The third-order valence-electron chi connectivity index (χ3n) is 1.37. The number of nitrogens with two attached hydrogens (primary N) is 1. The number of aliphatic hydroxyl groups is 3. The minimum absolute atomic E-state index is 0.102. The maximum absolute atomic E-state index is 10.5. The molecule has 0 rings (SSSR count). The van der Waals surface area contributed by atoms with Gasteiger partial charge in [-0.05, 0) is 0 Å². The lowest BCUT2D eigenvalue weighted by Crippen LogP contribution is -2.47. The van der Waals surface area contributed by atoms with Gasteiger partial charge in [0, 0.05) is 13.1 Å². The van der Waals surface area contributed by atoms with E-state index in [0.29, 0.717) is 0 Å². The lowest BCUT2D eigenvalue weighted by Gasteiger charge is -2.23. The van der Waals surface area contributed by atoms with Gasteiger partial charge in [0.1, 0.15) is 0 Å². The predicted octanol–water partition coefficient (Wildman–Crippen LogP) is -2.92. The zero-order valence-corrected chi connectivity index (χ0v) is 6.68. The van der Waals surface area contributed by atoms with Crippen LogP contribution in [0.25, 0.3) is 0 Å². The van der Waals surface area contributed by atoms with Crippen molar-refractivity contribution in [3.8, 4) is 0 Å².